The lowest BCUT2D eigenvalue weighted by atomic mass is 9.43. The summed E-state index contributed by atoms with van der Waals surface area (Å²) in [6.45, 7) is 15.8. The van der Waals surface area contributed by atoms with E-state index in [9.17, 15) is 24.3 Å². The van der Waals surface area contributed by atoms with Crippen molar-refractivity contribution in [2.75, 3.05) is 0 Å². The van der Waals surface area contributed by atoms with Crippen molar-refractivity contribution in [3.05, 3.63) is 27.8 Å². The highest BCUT2D eigenvalue weighted by Gasteiger charge is 2.61. The van der Waals surface area contributed by atoms with Crippen LogP contribution in [0.2, 0.25) is 0 Å². The Balaban J connectivity index is 1.69. The standard InChI is InChI=1S/C31H43NO7/c1-16-17(2)27(39-28(38)20(14-24(34)35)32-23(33)15-25(36)37)18(3)19-13-22-30(6)11-8-10-29(4,5)21(30)9-12-31(22,7)26(16)19/h20-22H,8-15H2,1-7H3,(H,32,33)(H,34,35)(H,36,37)/t20?,21?,22-,30+,31?/m1/s1. The van der Waals surface area contributed by atoms with Crippen molar-refractivity contribution in [3.63, 3.8) is 0 Å². The van der Waals surface area contributed by atoms with Crippen LogP contribution in [-0.2, 0) is 31.0 Å². The molecule has 5 atom stereocenters. The molecule has 0 saturated heterocycles. The second kappa shape index (κ2) is 9.93. The molecule has 0 aromatic heterocycles. The van der Waals surface area contributed by atoms with Gasteiger partial charge >= 0.3 is 17.9 Å². The lowest BCUT2D eigenvalue weighted by Crippen LogP contribution is -2.55. The molecule has 0 aliphatic heterocycles. The largest absolute Gasteiger partial charge is 0.481 e. The first-order valence-corrected chi connectivity index (χ1v) is 14.1. The van der Waals surface area contributed by atoms with Gasteiger partial charge in [0.25, 0.3) is 0 Å². The van der Waals surface area contributed by atoms with E-state index in [1.807, 2.05) is 13.8 Å². The van der Waals surface area contributed by atoms with Gasteiger partial charge in [-0.1, -0.05) is 34.1 Å². The van der Waals surface area contributed by atoms with Crippen LogP contribution in [0.5, 0.6) is 5.75 Å². The highest BCUT2D eigenvalue weighted by atomic mass is 16.5. The Morgan fingerprint density at radius 1 is 0.923 bits per heavy atom. The Hall–Kier alpha value is -2.90. The fourth-order valence-corrected chi connectivity index (χ4v) is 8.91. The summed E-state index contributed by atoms with van der Waals surface area (Å²) < 4.78 is 5.84. The summed E-state index contributed by atoms with van der Waals surface area (Å²) in [5.74, 6) is -2.98. The third-order valence-corrected chi connectivity index (χ3v) is 10.7. The molecule has 2 saturated carbocycles. The van der Waals surface area contributed by atoms with Gasteiger partial charge in [-0.2, -0.15) is 0 Å². The number of benzene rings is 1. The van der Waals surface area contributed by atoms with Gasteiger partial charge in [-0.25, -0.2) is 4.79 Å². The molecule has 214 valence electrons. The molecule has 1 aromatic rings. The number of carboxylic acid groups (broad SMARTS) is 2. The molecule has 0 bridgehead atoms. The number of fused-ring (bicyclic) bond motifs is 5. The molecule has 1 amide bonds. The highest BCUT2D eigenvalue weighted by molar-refractivity contribution is 5.96. The Bertz CT molecular complexity index is 1230. The fourth-order valence-electron chi connectivity index (χ4n) is 8.91. The molecule has 3 aliphatic rings. The van der Waals surface area contributed by atoms with E-state index in [1.165, 1.54) is 36.8 Å². The predicted molar refractivity (Wildman–Crippen MR) is 146 cm³/mol. The Kier molecular flexibility index (Phi) is 7.41. The van der Waals surface area contributed by atoms with Gasteiger partial charge in [0.05, 0.1) is 6.42 Å². The van der Waals surface area contributed by atoms with E-state index >= 15 is 0 Å². The van der Waals surface area contributed by atoms with E-state index in [-0.39, 0.29) is 10.8 Å². The summed E-state index contributed by atoms with van der Waals surface area (Å²) in [5, 5.41) is 20.4. The SMILES string of the molecule is Cc1c(C)c2c(c(C)c1OC(=O)C(CC(=O)O)NC(=O)CC(=O)O)C[C@H]1C2(C)CCC2C(C)(C)CCC[C@@]21C. The highest BCUT2D eigenvalue weighted by Crippen LogP contribution is 2.68. The van der Waals surface area contributed by atoms with E-state index in [1.54, 1.807) is 0 Å². The number of aliphatic carboxylic acids is 2. The maximum atomic E-state index is 13.2. The van der Waals surface area contributed by atoms with Gasteiger partial charge in [-0.05, 0) is 109 Å². The maximum absolute atomic E-state index is 13.2. The summed E-state index contributed by atoms with van der Waals surface area (Å²) in [4.78, 5) is 47.5. The minimum Gasteiger partial charge on any atom is -0.481 e. The molecule has 39 heavy (non-hydrogen) atoms. The van der Waals surface area contributed by atoms with E-state index in [0.29, 0.717) is 23.0 Å². The third-order valence-electron chi connectivity index (χ3n) is 10.7. The van der Waals surface area contributed by atoms with Crippen LogP contribution in [0.4, 0.5) is 0 Å². The minimum atomic E-state index is -1.49. The third kappa shape index (κ3) is 4.84. The molecule has 4 rings (SSSR count). The second-order valence-corrected chi connectivity index (χ2v) is 13.4. The first-order chi connectivity index (χ1) is 18.0. The van der Waals surface area contributed by atoms with Crippen molar-refractivity contribution in [2.45, 2.75) is 111 Å². The van der Waals surface area contributed by atoms with Crippen molar-refractivity contribution in [1.29, 1.82) is 0 Å². The van der Waals surface area contributed by atoms with Crippen molar-refractivity contribution in [3.8, 4) is 5.75 Å². The number of ether oxygens (including phenoxy) is 1. The zero-order valence-corrected chi connectivity index (χ0v) is 24.3. The number of hydrogen-bond donors (Lipinski definition) is 3. The predicted octanol–water partition coefficient (Wildman–Crippen LogP) is 5.01. The normalized spacial score (nSPS) is 29.4. The average molecular weight is 542 g/mol. The van der Waals surface area contributed by atoms with Gasteiger partial charge in [-0.3, -0.25) is 14.4 Å². The van der Waals surface area contributed by atoms with Crippen molar-refractivity contribution in [1.82, 2.24) is 5.32 Å². The van der Waals surface area contributed by atoms with Crippen LogP contribution in [-0.4, -0.2) is 40.1 Å². The first kappa shape index (κ1) is 29.1. The topological polar surface area (TPSA) is 130 Å². The summed E-state index contributed by atoms with van der Waals surface area (Å²) in [5.41, 5.74) is 6.00. The molecule has 2 fully saturated rings. The number of hydrogen-bond acceptors (Lipinski definition) is 5. The van der Waals surface area contributed by atoms with Crippen LogP contribution in [0.3, 0.4) is 0 Å². The molecular formula is C31H43NO7. The number of nitrogens with one attached hydrogen (secondary N) is 1. The van der Waals surface area contributed by atoms with Gasteiger partial charge in [0.15, 0.2) is 0 Å². The van der Waals surface area contributed by atoms with Gasteiger partial charge in [-0.15, -0.1) is 0 Å². The van der Waals surface area contributed by atoms with Crippen LogP contribution in [0.15, 0.2) is 0 Å². The molecule has 1 aromatic carbocycles. The number of rotatable bonds is 7. The molecule has 8 heteroatoms. The van der Waals surface area contributed by atoms with Gasteiger partial charge in [0.1, 0.15) is 18.2 Å². The number of amides is 1. The van der Waals surface area contributed by atoms with Gasteiger partial charge in [0, 0.05) is 0 Å². The van der Waals surface area contributed by atoms with Crippen molar-refractivity contribution >= 4 is 23.8 Å². The lowest BCUT2D eigenvalue weighted by molar-refractivity contribution is -0.146. The van der Waals surface area contributed by atoms with E-state index in [4.69, 9.17) is 9.84 Å². The van der Waals surface area contributed by atoms with Crippen LogP contribution < -0.4 is 10.1 Å². The molecule has 0 spiro atoms. The monoisotopic (exact) mass is 541 g/mol. The molecule has 3 unspecified atom stereocenters. The summed E-state index contributed by atoms with van der Waals surface area (Å²) in [7, 11) is 0. The molecular weight excluding hydrogens is 498 g/mol. The second-order valence-electron chi connectivity index (χ2n) is 13.4. The lowest BCUT2D eigenvalue weighted by Gasteiger charge is -2.61. The van der Waals surface area contributed by atoms with Crippen LogP contribution in [0, 0.1) is 43.4 Å². The van der Waals surface area contributed by atoms with Crippen LogP contribution in [0.1, 0.15) is 100 Å². The number of carbonyl (C=O) groups is 4. The van der Waals surface area contributed by atoms with Gasteiger partial charge < -0.3 is 20.3 Å². The van der Waals surface area contributed by atoms with E-state index in [2.05, 4.69) is 39.9 Å². The number of esters is 1. The van der Waals surface area contributed by atoms with E-state index < -0.39 is 42.7 Å². The quantitative estimate of drug-likeness (QED) is 0.251. The number of carboxylic acids is 2. The number of carbonyl (C=O) groups excluding carboxylic acids is 2. The molecule has 0 radical (unpaired) electrons. The zero-order valence-electron chi connectivity index (χ0n) is 24.3. The Morgan fingerprint density at radius 2 is 1.59 bits per heavy atom. The van der Waals surface area contributed by atoms with Crippen LogP contribution >= 0.6 is 0 Å². The molecule has 0 heterocycles. The maximum Gasteiger partial charge on any atom is 0.334 e. The van der Waals surface area contributed by atoms with E-state index in [0.717, 1.165) is 29.5 Å². The average Bonchev–Trinajstić information content (AvgIpc) is 3.13. The minimum absolute atomic E-state index is 0.0345. The summed E-state index contributed by atoms with van der Waals surface area (Å²) >= 11 is 0. The van der Waals surface area contributed by atoms with Gasteiger partial charge in [0.2, 0.25) is 5.91 Å². The van der Waals surface area contributed by atoms with Crippen LogP contribution in [0.25, 0.3) is 0 Å². The molecule has 3 aliphatic carbocycles. The summed E-state index contributed by atoms with van der Waals surface area (Å²) in [6, 6.07) is -1.49. The first-order valence-electron chi connectivity index (χ1n) is 14.1. The van der Waals surface area contributed by atoms with Crippen molar-refractivity contribution < 1.29 is 34.1 Å². The Morgan fingerprint density at radius 3 is 2.21 bits per heavy atom. The fraction of sp³-hybridized carbons (Fsp3) is 0.677. The summed E-state index contributed by atoms with van der Waals surface area (Å²) in [6.07, 6.45) is 5.41. The zero-order chi connectivity index (χ0) is 29.1. The smallest absolute Gasteiger partial charge is 0.334 e. The molecule has 3 N–H and O–H groups in total. The molecule has 8 nitrogen and oxygen atoms in total. The Labute approximate surface area is 230 Å². The van der Waals surface area contributed by atoms with Crippen molar-refractivity contribution in [2.24, 2.45) is 22.7 Å².